The molecule has 0 aliphatic heterocycles. The van der Waals surface area contributed by atoms with Gasteiger partial charge in [-0.2, -0.15) is 0 Å². The van der Waals surface area contributed by atoms with E-state index in [0.29, 0.717) is 5.78 Å². The van der Waals surface area contributed by atoms with Gasteiger partial charge in [0.1, 0.15) is 5.78 Å². The van der Waals surface area contributed by atoms with Crippen molar-refractivity contribution in [3.8, 4) is 0 Å². The van der Waals surface area contributed by atoms with Crippen molar-refractivity contribution in [1.82, 2.24) is 0 Å². The predicted octanol–water partition coefficient (Wildman–Crippen LogP) is 1.91. The number of hydrogen-bond acceptors (Lipinski definition) is 2. The van der Waals surface area contributed by atoms with E-state index in [1.807, 2.05) is 0 Å². The van der Waals surface area contributed by atoms with E-state index in [1.165, 1.54) is 19.9 Å². The highest BCUT2D eigenvalue weighted by Crippen LogP contribution is 2.12. The molecule has 0 aromatic carbocycles. The van der Waals surface area contributed by atoms with Crippen LogP contribution in [0.5, 0.6) is 0 Å². The standard InChI is InChI=1S/C7H12O.CH5N.ClH/c8-7-5-3-1-2-4-6-7;1-2;/h1-6H2;2H2,1H3;1H. The van der Waals surface area contributed by atoms with E-state index >= 15 is 0 Å². The van der Waals surface area contributed by atoms with Crippen LogP contribution in [0.4, 0.5) is 0 Å². The molecule has 0 amide bonds. The molecule has 0 aromatic heterocycles. The fourth-order valence-electron chi connectivity index (χ4n) is 1.12. The Hall–Kier alpha value is -0.0800. The van der Waals surface area contributed by atoms with Gasteiger partial charge in [0, 0.05) is 12.8 Å². The minimum Gasteiger partial charge on any atom is -0.333 e. The summed E-state index contributed by atoms with van der Waals surface area (Å²) in [6.07, 6.45) is 6.51. The number of halogens is 1. The largest absolute Gasteiger partial charge is 0.333 e. The van der Waals surface area contributed by atoms with Crippen molar-refractivity contribution in [3.63, 3.8) is 0 Å². The highest BCUT2D eigenvalue weighted by atomic mass is 35.5. The number of ketones is 1. The van der Waals surface area contributed by atoms with Crippen molar-refractivity contribution in [2.75, 3.05) is 7.05 Å². The summed E-state index contributed by atoms with van der Waals surface area (Å²) >= 11 is 0. The smallest absolute Gasteiger partial charge is 0.132 e. The highest BCUT2D eigenvalue weighted by Gasteiger charge is 2.04. The molecule has 1 aliphatic rings. The van der Waals surface area contributed by atoms with Gasteiger partial charge in [0.2, 0.25) is 0 Å². The Bertz CT molecular complexity index is 86.1. The molecule has 0 heterocycles. The third-order valence-corrected chi connectivity index (χ3v) is 1.66. The molecule has 3 heteroatoms. The predicted molar refractivity (Wildman–Crippen MR) is 50.1 cm³/mol. The van der Waals surface area contributed by atoms with Gasteiger partial charge in [0.25, 0.3) is 0 Å². The Morgan fingerprint density at radius 2 is 1.36 bits per heavy atom. The molecule has 0 atom stereocenters. The number of hydrogen-bond donors (Lipinski definition) is 1. The summed E-state index contributed by atoms with van der Waals surface area (Å²) in [7, 11) is 1.50. The van der Waals surface area contributed by atoms with Crippen molar-refractivity contribution in [1.29, 1.82) is 0 Å². The molecule has 68 valence electrons. The van der Waals surface area contributed by atoms with Crippen LogP contribution >= 0.6 is 12.4 Å². The first-order chi connectivity index (χ1) is 4.89. The first kappa shape index (κ1) is 13.5. The Morgan fingerprint density at radius 3 is 1.73 bits per heavy atom. The molecule has 2 N–H and O–H groups in total. The lowest BCUT2D eigenvalue weighted by Crippen LogP contribution is -1.91. The Morgan fingerprint density at radius 1 is 1.00 bits per heavy atom. The Labute approximate surface area is 74.9 Å². The summed E-state index contributed by atoms with van der Waals surface area (Å²) in [5.41, 5.74) is 4.50. The molecule has 1 aliphatic carbocycles. The molecular formula is C8H18ClNO. The summed E-state index contributed by atoms with van der Waals surface area (Å²) < 4.78 is 0. The first-order valence-electron chi connectivity index (χ1n) is 3.99. The summed E-state index contributed by atoms with van der Waals surface area (Å²) in [6.45, 7) is 0. The van der Waals surface area contributed by atoms with Crippen molar-refractivity contribution in [3.05, 3.63) is 0 Å². The molecule has 0 radical (unpaired) electrons. The molecule has 2 nitrogen and oxygen atoms in total. The molecule has 0 spiro atoms. The lowest BCUT2D eigenvalue weighted by atomic mass is 10.2. The molecule has 1 rings (SSSR count). The number of nitrogens with two attached hydrogens (primary N) is 1. The minimum absolute atomic E-state index is 0. The van der Waals surface area contributed by atoms with Crippen LogP contribution in [0.15, 0.2) is 0 Å². The zero-order chi connectivity index (χ0) is 7.82. The zero-order valence-corrected chi connectivity index (χ0v) is 7.95. The topological polar surface area (TPSA) is 43.1 Å². The van der Waals surface area contributed by atoms with Gasteiger partial charge >= 0.3 is 0 Å². The van der Waals surface area contributed by atoms with Crippen LogP contribution in [0.3, 0.4) is 0 Å². The molecule has 0 bridgehead atoms. The van der Waals surface area contributed by atoms with Gasteiger partial charge in [0.05, 0.1) is 0 Å². The quantitative estimate of drug-likeness (QED) is 0.578. The third kappa shape index (κ3) is 7.82. The molecule has 0 aromatic rings. The number of carbonyl (C=O) groups excluding carboxylic acids is 1. The van der Waals surface area contributed by atoms with E-state index in [0.717, 1.165) is 25.7 Å². The Kier molecular flexibility index (Phi) is 12.2. The van der Waals surface area contributed by atoms with Gasteiger partial charge in [-0.15, -0.1) is 12.4 Å². The van der Waals surface area contributed by atoms with Crippen LogP contribution in [0.1, 0.15) is 38.5 Å². The molecule has 11 heavy (non-hydrogen) atoms. The van der Waals surface area contributed by atoms with Gasteiger partial charge in [0.15, 0.2) is 0 Å². The zero-order valence-electron chi connectivity index (χ0n) is 7.14. The monoisotopic (exact) mass is 179 g/mol. The lowest BCUT2D eigenvalue weighted by molar-refractivity contribution is -0.118. The molecule has 1 fully saturated rings. The van der Waals surface area contributed by atoms with Crippen LogP contribution in [0.25, 0.3) is 0 Å². The average molecular weight is 180 g/mol. The fourth-order valence-corrected chi connectivity index (χ4v) is 1.12. The second-order valence-corrected chi connectivity index (χ2v) is 2.45. The van der Waals surface area contributed by atoms with E-state index in [9.17, 15) is 4.79 Å². The molecular weight excluding hydrogens is 162 g/mol. The van der Waals surface area contributed by atoms with Crippen molar-refractivity contribution < 1.29 is 4.79 Å². The lowest BCUT2D eigenvalue weighted by Gasteiger charge is -1.87. The van der Waals surface area contributed by atoms with E-state index in [4.69, 9.17) is 0 Å². The number of rotatable bonds is 0. The SMILES string of the molecule is CN.Cl.O=C1CCCCCC1. The second-order valence-electron chi connectivity index (χ2n) is 2.45. The van der Waals surface area contributed by atoms with E-state index in [2.05, 4.69) is 5.73 Å². The summed E-state index contributed by atoms with van der Waals surface area (Å²) in [6, 6.07) is 0. The van der Waals surface area contributed by atoms with Gasteiger partial charge in [-0.25, -0.2) is 0 Å². The normalized spacial score (nSPS) is 17.1. The molecule has 0 saturated heterocycles. The highest BCUT2D eigenvalue weighted by molar-refractivity contribution is 5.85. The average Bonchev–Trinajstić information content (AvgIpc) is 2.21. The van der Waals surface area contributed by atoms with Crippen LogP contribution in [-0.2, 0) is 4.79 Å². The van der Waals surface area contributed by atoms with Gasteiger partial charge in [-0.3, -0.25) is 4.79 Å². The van der Waals surface area contributed by atoms with Gasteiger partial charge in [-0.05, 0) is 19.9 Å². The summed E-state index contributed by atoms with van der Waals surface area (Å²) in [4.78, 5) is 10.7. The molecule has 0 unspecified atom stereocenters. The summed E-state index contributed by atoms with van der Waals surface area (Å²) in [5.74, 6) is 0.475. The van der Waals surface area contributed by atoms with Crippen molar-refractivity contribution in [2.45, 2.75) is 38.5 Å². The van der Waals surface area contributed by atoms with E-state index in [-0.39, 0.29) is 12.4 Å². The van der Waals surface area contributed by atoms with Crippen LogP contribution in [0.2, 0.25) is 0 Å². The first-order valence-corrected chi connectivity index (χ1v) is 3.99. The van der Waals surface area contributed by atoms with E-state index < -0.39 is 0 Å². The molecule has 1 saturated carbocycles. The second kappa shape index (κ2) is 9.92. The third-order valence-electron chi connectivity index (χ3n) is 1.66. The Balaban J connectivity index is 0. The van der Waals surface area contributed by atoms with Gasteiger partial charge < -0.3 is 5.73 Å². The maximum atomic E-state index is 10.7. The van der Waals surface area contributed by atoms with Crippen LogP contribution in [-0.4, -0.2) is 12.8 Å². The number of carbonyl (C=O) groups is 1. The van der Waals surface area contributed by atoms with E-state index in [1.54, 1.807) is 0 Å². The van der Waals surface area contributed by atoms with Crippen molar-refractivity contribution in [2.24, 2.45) is 5.73 Å². The number of Topliss-reactive ketones (excluding diaryl/α,β-unsaturated/α-hetero) is 1. The fraction of sp³-hybridized carbons (Fsp3) is 0.875. The van der Waals surface area contributed by atoms with Gasteiger partial charge in [-0.1, -0.05) is 12.8 Å². The van der Waals surface area contributed by atoms with Crippen LogP contribution in [0, 0.1) is 0 Å². The van der Waals surface area contributed by atoms with Crippen LogP contribution < -0.4 is 5.73 Å². The van der Waals surface area contributed by atoms with Crippen molar-refractivity contribution >= 4 is 18.2 Å². The minimum atomic E-state index is 0. The summed E-state index contributed by atoms with van der Waals surface area (Å²) in [5, 5.41) is 0. The maximum Gasteiger partial charge on any atom is 0.132 e. The maximum absolute atomic E-state index is 10.7.